The lowest BCUT2D eigenvalue weighted by Crippen LogP contribution is -2.41. The molecule has 0 aromatic heterocycles. The minimum Gasteiger partial charge on any atom is -0.477 e. The Morgan fingerprint density at radius 1 is 1.27 bits per heavy atom. The Labute approximate surface area is 90.8 Å². The fraction of sp³-hybridized carbons (Fsp3) is 0.750. The second-order valence-electron chi connectivity index (χ2n) is 4.52. The van der Waals surface area contributed by atoms with Gasteiger partial charge in [0, 0.05) is 12.6 Å². The molecular weight excluding hydrogens is 190 g/mol. The first kappa shape index (κ1) is 10.5. The molecule has 0 saturated carbocycles. The second-order valence-corrected chi connectivity index (χ2v) is 4.52. The topological polar surface area (TPSA) is 40.5 Å². The first-order valence-electron chi connectivity index (χ1n) is 5.99. The monoisotopic (exact) mass is 209 g/mol. The van der Waals surface area contributed by atoms with E-state index in [9.17, 15) is 4.79 Å². The van der Waals surface area contributed by atoms with Crippen LogP contribution < -0.4 is 0 Å². The summed E-state index contributed by atoms with van der Waals surface area (Å²) in [7, 11) is 0. The smallest absolute Gasteiger partial charge is 0.351 e. The molecule has 0 aliphatic carbocycles. The number of allylic oxidation sites excluding steroid dienone is 1. The van der Waals surface area contributed by atoms with Gasteiger partial charge in [-0.2, -0.15) is 0 Å². The van der Waals surface area contributed by atoms with Gasteiger partial charge in [0.15, 0.2) is 0 Å². The summed E-state index contributed by atoms with van der Waals surface area (Å²) in [5.41, 5.74) is 0.549. The van der Waals surface area contributed by atoms with Crippen LogP contribution in [0, 0.1) is 0 Å². The lowest BCUT2D eigenvalue weighted by molar-refractivity contribution is -0.135. The van der Waals surface area contributed by atoms with Gasteiger partial charge in [-0.15, -0.1) is 0 Å². The molecule has 0 aromatic carbocycles. The van der Waals surface area contributed by atoms with Gasteiger partial charge in [-0.25, -0.2) is 4.79 Å². The normalized spacial score (nSPS) is 27.3. The highest BCUT2D eigenvalue weighted by atomic mass is 16.4. The lowest BCUT2D eigenvalue weighted by atomic mass is 9.94. The zero-order chi connectivity index (χ0) is 10.7. The molecule has 2 heterocycles. The number of carbonyl (C=O) groups is 1. The summed E-state index contributed by atoms with van der Waals surface area (Å²) >= 11 is 0. The number of hydrogen-bond acceptors (Lipinski definition) is 2. The van der Waals surface area contributed by atoms with Crippen LogP contribution in [0.1, 0.15) is 44.9 Å². The maximum Gasteiger partial charge on any atom is 0.351 e. The van der Waals surface area contributed by atoms with E-state index >= 15 is 0 Å². The van der Waals surface area contributed by atoms with Crippen LogP contribution in [0.2, 0.25) is 0 Å². The molecule has 2 aliphatic rings. The van der Waals surface area contributed by atoms with Crippen molar-refractivity contribution in [2.24, 2.45) is 0 Å². The predicted octanol–water partition coefficient (Wildman–Crippen LogP) is 2.38. The Balaban J connectivity index is 2.13. The van der Waals surface area contributed by atoms with Crippen LogP contribution in [0.4, 0.5) is 0 Å². The highest BCUT2D eigenvalue weighted by Gasteiger charge is 2.27. The van der Waals surface area contributed by atoms with E-state index in [-0.39, 0.29) is 0 Å². The number of hydrogen-bond donors (Lipinski definition) is 1. The summed E-state index contributed by atoms with van der Waals surface area (Å²) in [6.07, 6.45) is 10.1. The van der Waals surface area contributed by atoms with Gasteiger partial charge in [-0.3, -0.25) is 0 Å². The third-order valence-corrected chi connectivity index (χ3v) is 3.49. The second kappa shape index (κ2) is 4.69. The van der Waals surface area contributed by atoms with Crippen molar-refractivity contribution in [3.05, 3.63) is 11.8 Å². The third-order valence-electron chi connectivity index (χ3n) is 3.49. The van der Waals surface area contributed by atoms with Gasteiger partial charge in [-0.05, 0) is 25.7 Å². The fourth-order valence-corrected chi connectivity index (χ4v) is 2.71. The largest absolute Gasteiger partial charge is 0.477 e. The van der Waals surface area contributed by atoms with E-state index in [0.29, 0.717) is 11.7 Å². The summed E-state index contributed by atoms with van der Waals surface area (Å²) in [6.45, 7) is 0.933. The van der Waals surface area contributed by atoms with Crippen LogP contribution in [0.5, 0.6) is 0 Å². The van der Waals surface area contributed by atoms with Gasteiger partial charge in [0.05, 0.1) is 0 Å². The van der Waals surface area contributed by atoms with Gasteiger partial charge in [0.1, 0.15) is 5.70 Å². The minimum atomic E-state index is -0.750. The van der Waals surface area contributed by atoms with Gasteiger partial charge < -0.3 is 10.0 Å². The van der Waals surface area contributed by atoms with Crippen LogP contribution >= 0.6 is 0 Å². The van der Waals surface area contributed by atoms with E-state index in [2.05, 4.69) is 4.90 Å². The molecule has 0 bridgehead atoms. The van der Waals surface area contributed by atoms with Crippen molar-refractivity contribution in [1.82, 2.24) is 4.90 Å². The minimum absolute atomic E-state index is 0.487. The Kier molecular flexibility index (Phi) is 3.29. The Bertz CT molecular complexity index is 273. The van der Waals surface area contributed by atoms with Gasteiger partial charge in [-0.1, -0.05) is 25.3 Å². The molecule has 1 fully saturated rings. The number of carboxylic acid groups (broad SMARTS) is 1. The van der Waals surface area contributed by atoms with E-state index in [1.54, 1.807) is 0 Å². The first-order valence-corrected chi connectivity index (χ1v) is 5.99. The predicted molar refractivity (Wildman–Crippen MR) is 58.5 cm³/mol. The summed E-state index contributed by atoms with van der Waals surface area (Å²) in [6, 6.07) is 0.487. The average Bonchev–Trinajstić information content (AvgIpc) is 2.17. The molecule has 1 saturated heterocycles. The van der Waals surface area contributed by atoms with Crippen LogP contribution in [0.25, 0.3) is 0 Å². The first-order chi connectivity index (χ1) is 7.29. The molecule has 3 heteroatoms. The van der Waals surface area contributed by atoms with E-state index < -0.39 is 5.97 Å². The van der Waals surface area contributed by atoms with Crippen molar-refractivity contribution < 1.29 is 9.90 Å². The quantitative estimate of drug-likeness (QED) is 0.720. The standard InChI is InChI=1S/C12H19NO2/c14-12(15)11-8-5-7-10-6-3-1-2-4-9-13(10)11/h8,10H,1-7,9H2,(H,14,15). The summed E-state index contributed by atoms with van der Waals surface area (Å²) in [5, 5.41) is 9.13. The molecule has 0 radical (unpaired) electrons. The van der Waals surface area contributed by atoms with E-state index in [1.165, 1.54) is 25.7 Å². The molecule has 2 rings (SSSR count). The molecule has 1 unspecified atom stereocenters. The van der Waals surface area contributed by atoms with E-state index in [1.807, 2.05) is 6.08 Å². The fourth-order valence-electron chi connectivity index (χ4n) is 2.71. The number of fused-ring (bicyclic) bond motifs is 1. The van der Waals surface area contributed by atoms with E-state index in [0.717, 1.165) is 25.8 Å². The van der Waals surface area contributed by atoms with Gasteiger partial charge in [0.25, 0.3) is 0 Å². The van der Waals surface area contributed by atoms with Crippen LogP contribution in [0.15, 0.2) is 11.8 Å². The van der Waals surface area contributed by atoms with Crippen molar-refractivity contribution >= 4 is 5.97 Å². The van der Waals surface area contributed by atoms with Crippen molar-refractivity contribution in [1.29, 1.82) is 0 Å². The Morgan fingerprint density at radius 3 is 2.87 bits per heavy atom. The van der Waals surface area contributed by atoms with Crippen LogP contribution in [-0.4, -0.2) is 28.6 Å². The molecule has 1 N–H and O–H groups in total. The highest BCUT2D eigenvalue weighted by Crippen LogP contribution is 2.27. The number of nitrogens with zero attached hydrogens (tertiary/aromatic N) is 1. The van der Waals surface area contributed by atoms with Crippen LogP contribution in [0.3, 0.4) is 0 Å². The molecule has 3 nitrogen and oxygen atoms in total. The average molecular weight is 209 g/mol. The lowest BCUT2D eigenvalue weighted by Gasteiger charge is -2.38. The zero-order valence-corrected chi connectivity index (χ0v) is 9.11. The maximum absolute atomic E-state index is 11.1. The summed E-state index contributed by atoms with van der Waals surface area (Å²) in [5.74, 6) is -0.750. The third kappa shape index (κ3) is 2.33. The summed E-state index contributed by atoms with van der Waals surface area (Å²) in [4.78, 5) is 13.2. The molecule has 1 atom stereocenters. The van der Waals surface area contributed by atoms with Crippen molar-refractivity contribution in [2.75, 3.05) is 6.54 Å². The highest BCUT2D eigenvalue weighted by molar-refractivity contribution is 5.86. The Morgan fingerprint density at radius 2 is 2.07 bits per heavy atom. The van der Waals surface area contributed by atoms with Crippen LogP contribution in [-0.2, 0) is 4.79 Å². The zero-order valence-electron chi connectivity index (χ0n) is 9.11. The van der Waals surface area contributed by atoms with Gasteiger partial charge >= 0.3 is 5.97 Å². The maximum atomic E-state index is 11.1. The SMILES string of the molecule is O=C(O)C1=CCCC2CCCCCCN12. The number of aliphatic carboxylic acids is 1. The van der Waals surface area contributed by atoms with Gasteiger partial charge in [0.2, 0.25) is 0 Å². The van der Waals surface area contributed by atoms with E-state index in [4.69, 9.17) is 5.11 Å². The molecule has 15 heavy (non-hydrogen) atoms. The molecule has 0 aromatic rings. The van der Waals surface area contributed by atoms with Crippen molar-refractivity contribution in [2.45, 2.75) is 51.0 Å². The molecule has 2 aliphatic heterocycles. The molecule has 84 valence electrons. The summed E-state index contributed by atoms with van der Waals surface area (Å²) < 4.78 is 0. The number of rotatable bonds is 1. The van der Waals surface area contributed by atoms with Crippen molar-refractivity contribution in [3.63, 3.8) is 0 Å². The van der Waals surface area contributed by atoms with Crippen molar-refractivity contribution in [3.8, 4) is 0 Å². The number of carboxylic acids is 1. The Hall–Kier alpha value is -0.990. The molecule has 0 spiro atoms. The molecular formula is C12H19NO2. The molecule has 0 amide bonds.